The van der Waals surface area contributed by atoms with Crippen LogP contribution in [0, 0.1) is 24.5 Å². The van der Waals surface area contributed by atoms with Crippen molar-refractivity contribution in [3.05, 3.63) is 71.3 Å². The van der Waals surface area contributed by atoms with E-state index in [9.17, 15) is 13.6 Å². The molecule has 11 heteroatoms. The lowest BCUT2D eigenvalue weighted by Crippen LogP contribution is -2.42. The lowest BCUT2D eigenvalue weighted by Gasteiger charge is -2.22. The lowest BCUT2D eigenvalue weighted by molar-refractivity contribution is -0.144. The molecule has 5 rings (SSSR count). The van der Waals surface area contributed by atoms with Crippen molar-refractivity contribution in [3.63, 3.8) is 0 Å². The third-order valence-electron chi connectivity index (χ3n) is 7.20. The molecule has 0 radical (unpaired) electrons. The van der Waals surface area contributed by atoms with E-state index in [2.05, 4.69) is 21.0 Å². The number of aromatic nitrogens is 2. The smallest absolute Gasteiger partial charge is 0.320 e. The number of carbonyl (C=O) groups excluding carboxylic acids is 1. The zero-order chi connectivity index (χ0) is 27.4. The van der Waals surface area contributed by atoms with Crippen molar-refractivity contribution in [3.8, 4) is 11.6 Å². The SMILES string of the molecule is CCN1C[C@@H](NC(=O)Nc2c(C)c(OCC3CCNCC3)nn2-c2ccccc2)[C@H](c2ccc(F)c(F)c2)O1. The maximum Gasteiger partial charge on any atom is 0.320 e. The number of hydroxylamine groups is 2. The fourth-order valence-electron chi connectivity index (χ4n) is 4.97. The van der Waals surface area contributed by atoms with E-state index in [0.29, 0.717) is 48.4 Å². The number of piperidine rings is 1. The number of anilines is 1. The Hall–Kier alpha value is -3.54. The molecular weight excluding hydrogens is 506 g/mol. The number of hydrogen-bond donors (Lipinski definition) is 3. The number of likely N-dealkylation sites (N-methyl/N-ethyl adjacent to an activating group) is 1. The average molecular weight is 541 g/mol. The van der Waals surface area contributed by atoms with Crippen molar-refractivity contribution in [1.29, 1.82) is 0 Å². The predicted octanol–water partition coefficient (Wildman–Crippen LogP) is 4.34. The highest BCUT2D eigenvalue weighted by Gasteiger charge is 2.36. The number of rotatable bonds is 8. The first-order valence-corrected chi connectivity index (χ1v) is 13.4. The van der Waals surface area contributed by atoms with Crippen molar-refractivity contribution < 1.29 is 23.1 Å². The first-order valence-electron chi connectivity index (χ1n) is 13.4. The van der Waals surface area contributed by atoms with Gasteiger partial charge >= 0.3 is 6.03 Å². The van der Waals surface area contributed by atoms with Crippen LogP contribution in [0.1, 0.15) is 37.0 Å². The minimum absolute atomic E-state index is 0.384. The molecule has 208 valence electrons. The number of ether oxygens (including phenoxy) is 1. The summed E-state index contributed by atoms with van der Waals surface area (Å²) in [5.41, 5.74) is 1.92. The largest absolute Gasteiger partial charge is 0.476 e. The summed E-state index contributed by atoms with van der Waals surface area (Å²) < 4.78 is 35.3. The summed E-state index contributed by atoms with van der Waals surface area (Å²) in [4.78, 5) is 19.2. The topological polar surface area (TPSA) is 92.7 Å². The number of para-hydroxylation sites is 1. The molecule has 0 aliphatic carbocycles. The maximum atomic E-state index is 14.0. The summed E-state index contributed by atoms with van der Waals surface area (Å²) in [6.07, 6.45) is 1.42. The number of hydrogen-bond acceptors (Lipinski definition) is 6. The summed E-state index contributed by atoms with van der Waals surface area (Å²) in [5.74, 6) is -0.504. The first kappa shape index (κ1) is 27.0. The van der Waals surface area contributed by atoms with Gasteiger partial charge in [0.2, 0.25) is 5.88 Å². The van der Waals surface area contributed by atoms with Gasteiger partial charge in [-0.3, -0.25) is 10.2 Å². The number of carbonyl (C=O) groups is 1. The number of benzene rings is 2. The van der Waals surface area contributed by atoms with Gasteiger partial charge in [-0.25, -0.2) is 18.3 Å². The Labute approximate surface area is 226 Å². The highest BCUT2D eigenvalue weighted by molar-refractivity contribution is 5.90. The summed E-state index contributed by atoms with van der Waals surface area (Å²) in [7, 11) is 0. The Morgan fingerprint density at radius 1 is 1.15 bits per heavy atom. The number of halogens is 2. The zero-order valence-electron chi connectivity index (χ0n) is 22.1. The molecule has 9 nitrogen and oxygen atoms in total. The Kier molecular flexibility index (Phi) is 8.39. The fourth-order valence-corrected chi connectivity index (χ4v) is 4.97. The van der Waals surface area contributed by atoms with E-state index in [1.165, 1.54) is 6.07 Å². The van der Waals surface area contributed by atoms with E-state index < -0.39 is 29.8 Å². The fraction of sp³-hybridized carbons (Fsp3) is 0.429. The molecule has 0 unspecified atom stereocenters. The molecule has 2 saturated heterocycles. The molecule has 0 bridgehead atoms. The normalized spacial score (nSPS) is 20.2. The van der Waals surface area contributed by atoms with Gasteiger partial charge in [-0.15, -0.1) is 5.10 Å². The van der Waals surface area contributed by atoms with Gasteiger partial charge in [0.1, 0.15) is 11.9 Å². The second-order valence-electron chi connectivity index (χ2n) is 9.92. The molecule has 3 heterocycles. The number of urea groups is 1. The highest BCUT2D eigenvalue weighted by atomic mass is 19.2. The molecular formula is C28H34F2N6O3. The van der Waals surface area contributed by atoms with Crippen LogP contribution < -0.4 is 20.7 Å². The van der Waals surface area contributed by atoms with E-state index in [4.69, 9.17) is 9.57 Å². The molecule has 1 aromatic heterocycles. The van der Waals surface area contributed by atoms with E-state index >= 15 is 0 Å². The van der Waals surface area contributed by atoms with Crippen LogP contribution in [0.4, 0.5) is 19.4 Å². The number of nitrogens with zero attached hydrogens (tertiary/aromatic N) is 3. The summed E-state index contributed by atoms with van der Waals surface area (Å²) in [5, 5.41) is 15.6. The van der Waals surface area contributed by atoms with Gasteiger partial charge in [0, 0.05) is 13.1 Å². The van der Waals surface area contributed by atoms with Gasteiger partial charge in [0.15, 0.2) is 11.6 Å². The third-order valence-corrected chi connectivity index (χ3v) is 7.20. The van der Waals surface area contributed by atoms with Gasteiger partial charge in [-0.2, -0.15) is 5.06 Å². The Morgan fingerprint density at radius 3 is 2.64 bits per heavy atom. The highest BCUT2D eigenvalue weighted by Crippen LogP contribution is 2.32. The van der Waals surface area contributed by atoms with E-state index in [1.54, 1.807) is 9.75 Å². The summed E-state index contributed by atoms with van der Waals surface area (Å²) in [6, 6.07) is 12.2. The molecule has 2 fully saturated rings. The molecule has 39 heavy (non-hydrogen) atoms. The van der Waals surface area contributed by atoms with E-state index in [0.717, 1.165) is 43.8 Å². The van der Waals surface area contributed by atoms with Gasteiger partial charge in [0.05, 0.1) is 23.9 Å². The molecule has 2 atom stereocenters. The van der Waals surface area contributed by atoms with Crippen LogP contribution in [-0.2, 0) is 4.84 Å². The minimum Gasteiger partial charge on any atom is -0.476 e. The van der Waals surface area contributed by atoms with Crippen LogP contribution in [0.3, 0.4) is 0 Å². The molecule has 0 saturated carbocycles. The maximum absolute atomic E-state index is 14.0. The van der Waals surface area contributed by atoms with E-state index in [-0.39, 0.29) is 0 Å². The quantitative estimate of drug-likeness (QED) is 0.394. The predicted molar refractivity (Wildman–Crippen MR) is 143 cm³/mol. The Morgan fingerprint density at radius 2 is 1.92 bits per heavy atom. The van der Waals surface area contributed by atoms with E-state index in [1.807, 2.05) is 44.2 Å². The molecule has 2 aliphatic heterocycles. The van der Waals surface area contributed by atoms with Gasteiger partial charge < -0.3 is 15.4 Å². The van der Waals surface area contributed by atoms with Crippen LogP contribution in [0.2, 0.25) is 0 Å². The molecule has 3 N–H and O–H groups in total. The molecule has 0 spiro atoms. The molecule has 2 amide bonds. The van der Waals surface area contributed by atoms with Crippen molar-refractivity contribution in [2.75, 3.05) is 38.1 Å². The molecule has 2 aromatic carbocycles. The van der Waals surface area contributed by atoms with Crippen LogP contribution in [0.15, 0.2) is 48.5 Å². The molecule has 3 aromatic rings. The van der Waals surface area contributed by atoms with Crippen LogP contribution in [0.5, 0.6) is 5.88 Å². The standard InChI is InChI=1S/C28H34F2N6O3/c1-3-35-16-24(25(39-35)20-9-10-22(29)23(30)15-20)32-28(37)33-26-18(2)27(38-17-19-11-13-31-14-12-19)34-36(26)21-7-5-4-6-8-21/h4-10,15,19,24-25,31H,3,11-14,16-17H2,1-2H3,(H2,32,33,37)/t24-,25+/m1/s1. The Bertz CT molecular complexity index is 1280. The molecule has 2 aliphatic rings. The summed E-state index contributed by atoms with van der Waals surface area (Å²) in [6.45, 7) is 7.24. The minimum atomic E-state index is -0.964. The van der Waals surface area contributed by atoms with Crippen LogP contribution in [-0.4, -0.2) is 59.7 Å². The second-order valence-corrected chi connectivity index (χ2v) is 9.92. The van der Waals surface area contributed by atoms with Gasteiger partial charge in [0.25, 0.3) is 0 Å². The second kappa shape index (κ2) is 12.1. The first-order chi connectivity index (χ1) is 18.9. The monoisotopic (exact) mass is 540 g/mol. The van der Waals surface area contributed by atoms with Crippen molar-refractivity contribution in [1.82, 2.24) is 25.5 Å². The van der Waals surface area contributed by atoms with Crippen LogP contribution >= 0.6 is 0 Å². The number of nitrogens with one attached hydrogen (secondary N) is 3. The number of amides is 2. The van der Waals surface area contributed by atoms with Crippen LogP contribution in [0.25, 0.3) is 5.69 Å². The Balaban J connectivity index is 1.35. The van der Waals surface area contributed by atoms with Crippen molar-refractivity contribution >= 4 is 11.8 Å². The lowest BCUT2D eigenvalue weighted by atomic mass is 9.99. The average Bonchev–Trinajstić information content (AvgIpc) is 3.50. The van der Waals surface area contributed by atoms with Crippen molar-refractivity contribution in [2.24, 2.45) is 5.92 Å². The van der Waals surface area contributed by atoms with Gasteiger partial charge in [-0.1, -0.05) is 31.2 Å². The third kappa shape index (κ3) is 6.21. The van der Waals surface area contributed by atoms with Crippen molar-refractivity contribution in [2.45, 2.75) is 38.8 Å². The zero-order valence-corrected chi connectivity index (χ0v) is 22.1. The van der Waals surface area contributed by atoms with Gasteiger partial charge in [-0.05, 0) is 68.6 Å². The summed E-state index contributed by atoms with van der Waals surface area (Å²) >= 11 is 0.